The van der Waals surface area contributed by atoms with Crippen LogP contribution >= 0.6 is 0 Å². The first-order valence-electron chi connectivity index (χ1n) is 24.9. The molecule has 0 spiro atoms. The number of ether oxygens (including phenoxy) is 2. The van der Waals surface area contributed by atoms with Crippen molar-refractivity contribution in [3.63, 3.8) is 0 Å². The Kier molecular flexibility index (Phi) is 9.74. The Hall–Kier alpha value is -7.40. The van der Waals surface area contributed by atoms with Gasteiger partial charge < -0.3 is 23.8 Å². The van der Waals surface area contributed by atoms with E-state index < -0.39 is 0 Å². The summed E-state index contributed by atoms with van der Waals surface area (Å²) in [5.74, 6) is 2.66. The summed E-state index contributed by atoms with van der Waals surface area (Å²) in [6, 6.07) is 57.6. The summed E-state index contributed by atoms with van der Waals surface area (Å²) < 4.78 is 51.0. The number of benzene rings is 8. The summed E-state index contributed by atoms with van der Waals surface area (Å²) in [6.07, 6.45) is 1.84. The zero-order chi connectivity index (χ0) is 49.8. The van der Waals surface area contributed by atoms with Gasteiger partial charge in [0.15, 0.2) is 0 Å². The van der Waals surface area contributed by atoms with Crippen LogP contribution in [0.25, 0.3) is 61.0 Å². The number of fused-ring (bicyclic) bond motifs is 5. The van der Waals surface area contributed by atoms with Crippen LogP contribution in [0.5, 0.6) is 23.0 Å². The summed E-state index contributed by atoms with van der Waals surface area (Å²) in [5, 5.41) is 0.967. The molecule has 0 saturated heterocycles. The smallest absolute Gasteiger partial charge is 0.135 e. The van der Waals surface area contributed by atoms with Crippen LogP contribution in [-0.2, 0) is 31.9 Å². The Bertz CT molecular complexity index is 3830. The van der Waals surface area contributed by atoms with Gasteiger partial charge in [0, 0.05) is 78.0 Å². The fourth-order valence-corrected chi connectivity index (χ4v) is 9.51. The van der Waals surface area contributed by atoms with Gasteiger partial charge in [0.1, 0.15) is 17.3 Å². The van der Waals surface area contributed by atoms with Crippen molar-refractivity contribution in [2.75, 3.05) is 9.80 Å². The molecular weight excluding hydrogens is 1030 g/mol. The van der Waals surface area contributed by atoms with E-state index in [9.17, 15) is 1.37 Å². The summed E-state index contributed by atoms with van der Waals surface area (Å²) >= 11 is 0. The van der Waals surface area contributed by atoms with Crippen molar-refractivity contribution in [3.05, 3.63) is 212 Å². The molecule has 4 aliphatic heterocycles. The normalized spacial score (nSPS) is 13.9. The van der Waals surface area contributed by atoms with E-state index in [0.717, 1.165) is 61.7 Å². The fraction of sp³-hybridized carbons (Fsp3) is 0.129. The first-order valence-corrected chi connectivity index (χ1v) is 22.9. The van der Waals surface area contributed by atoms with Gasteiger partial charge in [-0.3, -0.25) is 0 Å². The first kappa shape index (κ1) is 39.6. The largest absolute Gasteiger partial charge is 0.509 e. The SMILES string of the molecule is [2H]c1c([2H])c([2H])c2c(c1[2H])c1ccc3[c-]c1n2-c1cc(C(C)(C)C)c(cn1)-c1cccc(c1)Oc1ccc(cc1)-c1cc(C(C)(C)C)cc(-c2ccccc2)c1N1[CH-]N(c2[c-]c(ccc2)O3)c2ccccc21.[Pt]. The standard InChI is InChI=1S/C62H49N4O2.Pt/c1-61(2,3)43-33-51(40-16-8-7-9-17-40)60-52(34-43)41-26-28-45(29-27-41)67-46-20-14-18-42(32-46)53-38-63-59(37-54(53)62(4,5)6)66-55-23-11-10-22-49(55)50-31-30-48(36-58(50)66)68-47-21-15-19-44(35-47)64-39-65(60)57-25-13-12-24-56(57)64;/h7-34,37-39H,1-6H3;/q-3;/i10D,11D,22D,23D;. The van der Waals surface area contributed by atoms with Crippen molar-refractivity contribution >= 4 is 44.6 Å². The van der Waals surface area contributed by atoms with Gasteiger partial charge in [-0.2, -0.15) is 12.1 Å². The van der Waals surface area contributed by atoms with Gasteiger partial charge in [-0.05, 0) is 105 Å². The molecule has 8 aromatic carbocycles. The number of para-hydroxylation sites is 3. The second-order valence-corrected chi connectivity index (χ2v) is 19.5. The third kappa shape index (κ3) is 7.87. The summed E-state index contributed by atoms with van der Waals surface area (Å²) in [6.45, 7) is 15.4. The molecule has 0 atom stereocenters. The van der Waals surface area contributed by atoms with Crippen LogP contribution in [0.2, 0.25) is 0 Å². The molecule has 4 aliphatic rings. The minimum atomic E-state index is -0.381. The molecule has 342 valence electrons. The predicted octanol–water partition coefficient (Wildman–Crippen LogP) is 16.7. The van der Waals surface area contributed by atoms with E-state index in [1.54, 1.807) is 10.6 Å². The van der Waals surface area contributed by atoms with Crippen molar-refractivity contribution in [2.24, 2.45) is 0 Å². The van der Waals surface area contributed by atoms with Crippen molar-refractivity contribution in [2.45, 2.75) is 52.4 Å². The minimum Gasteiger partial charge on any atom is -0.509 e. The molecule has 2 aromatic heterocycles. The molecule has 14 rings (SSSR count). The van der Waals surface area contributed by atoms with Gasteiger partial charge in [0.2, 0.25) is 0 Å². The molecule has 7 heteroatoms. The van der Waals surface area contributed by atoms with Gasteiger partial charge in [-0.1, -0.05) is 132 Å². The van der Waals surface area contributed by atoms with Gasteiger partial charge >= 0.3 is 0 Å². The zero-order valence-corrected chi connectivity index (χ0v) is 41.3. The summed E-state index contributed by atoms with van der Waals surface area (Å²) in [4.78, 5) is 9.50. The average Bonchev–Trinajstić information content (AvgIpc) is 3.93. The van der Waals surface area contributed by atoms with Gasteiger partial charge in [0.05, 0.1) is 5.48 Å². The van der Waals surface area contributed by atoms with Crippen molar-refractivity contribution in [1.29, 1.82) is 0 Å². The zero-order valence-electron chi connectivity index (χ0n) is 43.0. The molecule has 69 heavy (non-hydrogen) atoms. The van der Waals surface area contributed by atoms with Crippen molar-refractivity contribution in [3.8, 4) is 62.2 Å². The van der Waals surface area contributed by atoms with Crippen LogP contribution in [0.15, 0.2) is 182 Å². The topological polar surface area (TPSA) is 42.8 Å². The van der Waals surface area contributed by atoms with E-state index in [1.165, 1.54) is 5.56 Å². The van der Waals surface area contributed by atoms with Crippen LogP contribution in [-0.4, -0.2) is 9.55 Å². The molecule has 10 aromatic rings. The summed E-state index contributed by atoms with van der Waals surface area (Å²) in [7, 11) is 0. The second kappa shape index (κ2) is 17.0. The molecule has 12 bridgehead atoms. The third-order valence-corrected chi connectivity index (χ3v) is 12.9. The molecule has 6 nitrogen and oxygen atoms in total. The van der Waals surface area contributed by atoms with Gasteiger partial charge in [0.25, 0.3) is 0 Å². The van der Waals surface area contributed by atoms with E-state index in [-0.39, 0.29) is 56.1 Å². The molecular formula is C62H49N4O2Pt-3. The Balaban J connectivity index is 0.00000574. The molecule has 0 aliphatic carbocycles. The van der Waals surface area contributed by atoms with Gasteiger partial charge in [-0.15, -0.1) is 48.1 Å². The number of anilines is 4. The van der Waals surface area contributed by atoms with Crippen LogP contribution < -0.4 is 19.3 Å². The van der Waals surface area contributed by atoms with Crippen molar-refractivity contribution < 1.29 is 36.0 Å². The van der Waals surface area contributed by atoms with Crippen LogP contribution in [0.4, 0.5) is 22.7 Å². The number of aromatic nitrogens is 2. The van der Waals surface area contributed by atoms with Crippen LogP contribution in [0.1, 0.15) is 58.2 Å². The Labute approximate surface area is 424 Å². The Morgan fingerprint density at radius 2 is 1.25 bits per heavy atom. The molecule has 0 amide bonds. The van der Waals surface area contributed by atoms with E-state index >= 15 is 0 Å². The molecule has 6 heterocycles. The summed E-state index contributed by atoms with van der Waals surface area (Å²) in [5.41, 5.74) is 12.3. The maximum Gasteiger partial charge on any atom is 0.135 e. The fourth-order valence-electron chi connectivity index (χ4n) is 9.51. The predicted molar refractivity (Wildman–Crippen MR) is 278 cm³/mol. The van der Waals surface area contributed by atoms with E-state index in [1.807, 2.05) is 72.9 Å². The number of nitrogens with zero attached hydrogens (tertiary/aromatic N) is 4. The molecule has 0 N–H and O–H groups in total. The molecule has 0 unspecified atom stereocenters. The number of hydrogen-bond acceptors (Lipinski definition) is 5. The first-order chi connectivity index (χ1) is 34.6. The Morgan fingerprint density at radius 1 is 0.565 bits per heavy atom. The number of rotatable bonds is 1. The molecule has 0 fully saturated rings. The van der Waals surface area contributed by atoms with E-state index in [0.29, 0.717) is 50.6 Å². The van der Waals surface area contributed by atoms with E-state index in [2.05, 4.69) is 149 Å². The monoisotopic (exact) mass is 1080 g/mol. The minimum absolute atomic E-state index is 0. The van der Waals surface area contributed by atoms with E-state index in [4.69, 9.17) is 18.6 Å². The van der Waals surface area contributed by atoms with Crippen LogP contribution in [0, 0.1) is 18.8 Å². The number of hydrogen-bond donors (Lipinski definition) is 0. The second-order valence-electron chi connectivity index (χ2n) is 19.5. The maximum absolute atomic E-state index is 9.25. The molecule has 0 radical (unpaired) electrons. The molecule has 0 saturated carbocycles. The number of pyridine rings is 1. The maximum atomic E-state index is 9.25. The van der Waals surface area contributed by atoms with Crippen LogP contribution in [0.3, 0.4) is 0 Å². The van der Waals surface area contributed by atoms with Crippen molar-refractivity contribution in [1.82, 2.24) is 9.55 Å². The Morgan fingerprint density at radius 3 is 2.00 bits per heavy atom. The van der Waals surface area contributed by atoms with Gasteiger partial charge in [-0.25, -0.2) is 4.98 Å². The third-order valence-electron chi connectivity index (χ3n) is 12.9. The average molecular weight is 1080 g/mol. The quantitative estimate of drug-likeness (QED) is 0.153.